The van der Waals surface area contributed by atoms with Crippen LogP contribution in [0.15, 0.2) is 18.2 Å². The van der Waals surface area contributed by atoms with Gasteiger partial charge in [0.1, 0.15) is 5.75 Å². The van der Waals surface area contributed by atoms with Crippen LogP contribution in [0.2, 0.25) is 0 Å². The summed E-state index contributed by atoms with van der Waals surface area (Å²) in [4.78, 5) is 0. The van der Waals surface area contributed by atoms with Crippen molar-refractivity contribution in [2.45, 2.75) is 36.5 Å². The molecule has 1 aromatic rings. The molecule has 13 heteroatoms. The van der Waals surface area contributed by atoms with Gasteiger partial charge in [-0.3, -0.25) is 0 Å². The molecule has 0 bridgehead atoms. The van der Waals surface area contributed by atoms with E-state index in [1.807, 2.05) is 0 Å². The summed E-state index contributed by atoms with van der Waals surface area (Å²) in [5.74, 6) is -11.3. The van der Waals surface area contributed by atoms with Gasteiger partial charge in [0.25, 0.3) is 0 Å². The minimum absolute atomic E-state index is 0.0473. The Morgan fingerprint density at radius 2 is 0.800 bits per heavy atom. The van der Waals surface area contributed by atoms with E-state index in [9.17, 15) is 57.8 Å². The second-order valence-electron chi connectivity index (χ2n) is 4.82. The molecule has 0 radical (unpaired) electrons. The van der Waals surface area contributed by atoms with Crippen molar-refractivity contribution in [3.8, 4) is 5.75 Å². The average Bonchev–Trinajstić information content (AvgIpc) is 2.26. The monoisotopic (exact) mass is 394 g/mol. The fraction of sp³-hybridized carbons (Fsp3) is 0.500. The number of phenols is 1. The van der Waals surface area contributed by atoms with Gasteiger partial charge in [-0.15, -0.1) is 0 Å². The molecule has 0 atom stereocenters. The fourth-order valence-corrected chi connectivity index (χ4v) is 2.12. The van der Waals surface area contributed by atoms with Gasteiger partial charge < -0.3 is 5.11 Å². The molecule has 0 spiro atoms. The third-order valence-electron chi connectivity index (χ3n) is 3.03. The third kappa shape index (κ3) is 4.63. The van der Waals surface area contributed by atoms with Crippen LogP contribution < -0.4 is 0 Å². The van der Waals surface area contributed by atoms with Crippen LogP contribution in [0.5, 0.6) is 5.75 Å². The van der Waals surface area contributed by atoms with Crippen molar-refractivity contribution in [3.63, 3.8) is 0 Å². The number of halogens is 12. The topological polar surface area (TPSA) is 20.2 Å². The summed E-state index contributed by atoms with van der Waals surface area (Å²) in [6.45, 7) is 0. The molecule has 0 aliphatic rings. The molecule has 1 rings (SSSR count). The van der Waals surface area contributed by atoms with Crippen molar-refractivity contribution < 1.29 is 57.8 Å². The number of rotatable bonds is 2. The molecule has 0 fully saturated rings. The standard InChI is InChI=1S/C12H6F12O/c13-9(14,15)7(10(16,17)18)4-2-1-3-5(6(4)25)8(11(19,20)21)12(22,23)24/h1-3,7-8,25H. The SMILES string of the molecule is Oc1c(C(C(F)(F)F)C(F)(F)F)cccc1C(C(F)(F)F)C(F)(F)F. The van der Waals surface area contributed by atoms with E-state index in [-0.39, 0.29) is 18.2 Å². The molecule has 1 aromatic carbocycles. The van der Waals surface area contributed by atoms with Gasteiger partial charge >= 0.3 is 24.7 Å². The van der Waals surface area contributed by atoms with Gasteiger partial charge in [0.2, 0.25) is 0 Å². The maximum Gasteiger partial charge on any atom is 0.404 e. The number of hydrogen-bond acceptors (Lipinski definition) is 1. The third-order valence-corrected chi connectivity index (χ3v) is 3.03. The van der Waals surface area contributed by atoms with Crippen LogP contribution in [-0.4, -0.2) is 29.8 Å². The van der Waals surface area contributed by atoms with Crippen molar-refractivity contribution in [3.05, 3.63) is 29.3 Å². The molecule has 0 saturated heterocycles. The molecule has 0 heterocycles. The lowest BCUT2D eigenvalue weighted by molar-refractivity contribution is -0.254. The number of phenolic OH excluding ortho intramolecular Hbond substituents is 1. The van der Waals surface area contributed by atoms with Gasteiger partial charge in [-0.25, -0.2) is 0 Å². The van der Waals surface area contributed by atoms with E-state index in [1.54, 1.807) is 0 Å². The fourth-order valence-electron chi connectivity index (χ4n) is 2.12. The second-order valence-corrected chi connectivity index (χ2v) is 4.82. The molecule has 144 valence electrons. The molecule has 0 aromatic heterocycles. The summed E-state index contributed by atoms with van der Waals surface area (Å²) in [5.41, 5.74) is -4.31. The van der Waals surface area contributed by atoms with Crippen LogP contribution in [0.25, 0.3) is 0 Å². The van der Waals surface area contributed by atoms with Crippen LogP contribution in [0.1, 0.15) is 23.0 Å². The van der Waals surface area contributed by atoms with Gasteiger partial charge in [0.05, 0.1) is 0 Å². The zero-order valence-corrected chi connectivity index (χ0v) is 11.4. The van der Waals surface area contributed by atoms with Crippen LogP contribution in [0.3, 0.4) is 0 Å². The van der Waals surface area contributed by atoms with Gasteiger partial charge in [0.15, 0.2) is 11.8 Å². The van der Waals surface area contributed by atoms with Crippen molar-refractivity contribution in [2.75, 3.05) is 0 Å². The maximum atomic E-state index is 12.6. The van der Waals surface area contributed by atoms with Crippen molar-refractivity contribution in [2.24, 2.45) is 0 Å². The highest BCUT2D eigenvalue weighted by Gasteiger charge is 2.61. The minimum atomic E-state index is -6.11. The van der Waals surface area contributed by atoms with E-state index in [4.69, 9.17) is 0 Å². The Morgan fingerprint density at radius 3 is 1.00 bits per heavy atom. The molecule has 25 heavy (non-hydrogen) atoms. The average molecular weight is 394 g/mol. The Bertz CT molecular complexity index is 528. The molecule has 0 saturated carbocycles. The molecular weight excluding hydrogens is 388 g/mol. The summed E-state index contributed by atoms with van der Waals surface area (Å²) >= 11 is 0. The zero-order chi connectivity index (χ0) is 20.0. The molecule has 0 aliphatic heterocycles. The van der Waals surface area contributed by atoms with Crippen molar-refractivity contribution in [1.82, 2.24) is 0 Å². The highest BCUT2D eigenvalue weighted by atomic mass is 19.4. The lowest BCUT2D eigenvalue weighted by Gasteiger charge is -2.28. The van der Waals surface area contributed by atoms with Gasteiger partial charge in [-0.2, -0.15) is 52.7 Å². The number of aromatic hydroxyl groups is 1. The Hall–Kier alpha value is -1.82. The first-order valence-electron chi connectivity index (χ1n) is 5.97. The number of para-hydroxylation sites is 1. The summed E-state index contributed by atoms with van der Waals surface area (Å²) in [6.07, 6.45) is -24.4. The quantitative estimate of drug-likeness (QED) is 0.628. The highest BCUT2D eigenvalue weighted by molar-refractivity contribution is 5.46. The van der Waals surface area contributed by atoms with E-state index in [2.05, 4.69) is 0 Å². The lowest BCUT2D eigenvalue weighted by atomic mass is 9.89. The van der Waals surface area contributed by atoms with E-state index >= 15 is 0 Å². The summed E-state index contributed by atoms with van der Waals surface area (Å²) in [7, 11) is 0. The Kier molecular flexibility index (Phi) is 5.23. The first kappa shape index (κ1) is 21.2. The molecule has 0 amide bonds. The van der Waals surface area contributed by atoms with Crippen LogP contribution in [0, 0.1) is 0 Å². The largest absolute Gasteiger partial charge is 0.507 e. The summed E-state index contributed by atoms with van der Waals surface area (Å²) < 4.78 is 151. The van der Waals surface area contributed by atoms with E-state index in [1.165, 1.54) is 0 Å². The van der Waals surface area contributed by atoms with Crippen molar-refractivity contribution in [1.29, 1.82) is 0 Å². The predicted molar refractivity (Wildman–Crippen MR) is 57.8 cm³/mol. The molecule has 1 N–H and O–H groups in total. The minimum Gasteiger partial charge on any atom is -0.507 e. The molecular formula is C12H6F12O. The number of benzene rings is 1. The molecule has 0 unspecified atom stereocenters. The van der Waals surface area contributed by atoms with Crippen molar-refractivity contribution >= 4 is 0 Å². The summed E-state index contributed by atoms with van der Waals surface area (Å²) in [6, 6.07) is 0.0436. The second kappa shape index (κ2) is 6.16. The van der Waals surface area contributed by atoms with Crippen LogP contribution in [0.4, 0.5) is 52.7 Å². The normalized spacial score (nSPS) is 14.5. The number of hydrogen-bond donors (Lipinski definition) is 1. The Morgan fingerprint density at radius 1 is 0.560 bits per heavy atom. The van der Waals surface area contributed by atoms with Gasteiger partial charge in [-0.1, -0.05) is 18.2 Å². The molecule has 1 nitrogen and oxygen atoms in total. The molecule has 0 aliphatic carbocycles. The van der Waals surface area contributed by atoms with Crippen LogP contribution >= 0.6 is 0 Å². The Balaban J connectivity index is 3.69. The van der Waals surface area contributed by atoms with Gasteiger partial charge in [0, 0.05) is 11.1 Å². The highest BCUT2D eigenvalue weighted by Crippen LogP contribution is 2.53. The first-order chi connectivity index (χ1) is 10.9. The zero-order valence-electron chi connectivity index (χ0n) is 11.4. The summed E-state index contributed by atoms with van der Waals surface area (Å²) in [5, 5.41) is 9.38. The first-order valence-corrected chi connectivity index (χ1v) is 5.97. The van der Waals surface area contributed by atoms with E-state index in [0.717, 1.165) is 0 Å². The van der Waals surface area contributed by atoms with E-state index < -0.39 is 53.4 Å². The predicted octanol–water partition coefficient (Wildman–Crippen LogP) is 5.81. The van der Waals surface area contributed by atoms with Crippen LogP contribution in [-0.2, 0) is 0 Å². The van der Waals surface area contributed by atoms with E-state index in [0.29, 0.717) is 0 Å². The smallest absolute Gasteiger partial charge is 0.404 e. The Labute approximate surface area is 130 Å². The lowest BCUT2D eigenvalue weighted by Crippen LogP contribution is -2.36. The maximum absolute atomic E-state index is 12.6. The number of alkyl halides is 12. The van der Waals surface area contributed by atoms with Gasteiger partial charge in [-0.05, 0) is 0 Å².